The fourth-order valence-electron chi connectivity index (χ4n) is 1.66. The topological polar surface area (TPSA) is 39.2 Å². The van der Waals surface area contributed by atoms with Gasteiger partial charge in [0, 0.05) is 31.2 Å². The number of hydrogen-bond donors (Lipinski definition) is 0. The van der Waals surface area contributed by atoms with Gasteiger partial charge in [-0.05, 0) is 18.8 Å². The largest absolute Gasteiger partial charge is 0.381 e. The monoisotopic (exact) mass is 211 g/mol. The first-order valence-corrected chi connectivity index (χ1v) is 5.74. The van der Waals surface area contributed by atoms with Gasteiger partial charge in [0.25, 0.3) is 0 Å². The summed E-state index contributed by atoms with van der Waals surface area (Å²) < 4.78 is 5.25. The van der Waals surface area contributed by atoms with E-state index in [-0.39, 0.29) is 5.78 Å². The Labute approximate surface area is 87.1 Å². The van der Waals surface area contributed by atoms with Gasteiger partial charge in [-0.25, -0.2) is 4.98 Å². The Kier molecular flexibility index (Phi) is 3.26. The summed E-state index contributed by atoms with van der Waals surface area (Å²) in [7, 11) is 0. The number of aromatic nitrogens is 1. The van der Waals surface area contributed by atoms with Crippen molar-refractivity contribution in [3.8, 4) is 0 Å². The van der Waals surface area contributed by atoms with Crippen LogP contribution in [0.3, 0.4) is 0 Å². The lowest BCUT2D eigenvalue weighted by Crippen LogP contribution is -2.18. The summed E-state index contributed by atoms with van der Waals surface area (Å²) >= 11 is 1.43. The average Bonchev–Trinajstić information content (AvgIpc) is 2.72. The number of rotatable bonds is 3. The summed E-state index contributed by atoms with van der Waals surface area (Å²) in [5.41, 5.74) is 0. The third-order valence-corrected chi connectivity index (χ3v) is 3.30. The lowest BCUT2D eigenvalue weighted by molar-refractivity contribution is 0.0601. The molecule has 1 saturated heterocycles. The smallest absolute Gasteiger partial charge is 0.191 e. The Morgan fingerprint density at radius 1 is 1.57 bits per heavy atom. The van der Waals surface area contributed by atoms with E-state index >= 15 is 0 Å². The number of ketones is 1. The van der Waals surface area contributed by atoms with Crippen LogP contribution in [0.5, 0.6) is 0 Å². The first-order valence-electron chi connectivity index (χ1n) is 4.86. The van der Waals surface area contributed by atoms with E-state index in [4.69, 9.17) is 4.74 Å². The zero-order chi connectivity index (χ0) is 9.80. The second-order valence-corrected chi connectivity index (χ2v) is 4.41. The molecule has 0 atom stereocenters. The van der Waals surface area contributed by atoms with Crippen LogP contribution in [0, 0.1) is 5.92 Å². The van der Waals surface area contributed by atoms with E-state index in [1.54, 1.807) is 6.20 Å². The van der Waals surface area contributed by atoms with E-state index in [2.05, 4.69) is 4.98 Å². The molecule has 0 saturated carbocycles. The van der Waals surface area contributed by atoms with Crippen molar-refractivity contribution in [2.24, 2.45) is 5.92 Å². The summed E-state index contributed by atoms with van der Waals surface area (Å²) in [4.78, 5) is 15.7. The summed E-state index contributed by atoms with van der Waals surface area (Å²) in [5, 5.41) is 2.49. The summed E-state index contributed by atoms with van der Waals surface area (Å²) in [6, 6.07) is 0. The number of Topliss-reactive ketones (excluding diaryl/α,β-unsaturated/α-hetero) is 1. The summed E-state index contributed by atoms with van der Waals surface area (Å²) in [6.07, 6.45) is 4.34. The molecule has 2 heterocycles. The zero-order valence-electron chi connectivity index (χ0n) is 7.94. The highest BCUT2D eigenvalue weighted by Gasteiger charge is 2.19. The Bertz CT molecular complexity index is 291. The molecular formula is C10H13NO2S. The first kappa shape index (κ1) is 9.80. The first-order chi connectivity index (χ1) is 6.86. The number of ether oxygens (including phenoxy) is 1. The van der Waals surface area contributed by atoms with Gasteiger partial charge in [-0.15, -0.1) is 11.3 Å². The fraction of sp³-hybridized carbons (Fsp3) is 0.600. The third-order valence-electron chi connectivity index (χ3n) is 2.49. The number of carbonyl (C=O) groups is 1. The standard InChI is InChI=1S/C10H13NO2S/c12-9(10-11-3-6-14-10)7-8-1-4-13-5-2-8/h3,6,8H,1-2,4-5,7H2. The molecule has 1 aliphatic heterocycles. The van der Waals surface area contributed by atoms with Crippen molar-refractivity contribution in [3.05, 3.63) is 16.6 Å². The molecule has 0 amide bonds. The predicted molar refractivity (Wildman–Crippen MR) is 54.6 cm³/mol. The highest BCUT2D eigenvalue weighted by molar-refractivity contribution is 7.11. The van der Waals surface area contributed by atoms with Crippen LogP contribution in [0.4, 0.5) is 0 Å². The molecule has 0 unspecified atom stereocenters. The van der Waals surface area contributed by atoms with E-state index in [0.29, 0.717) is 17.3 Å². The van der Waals surface area contributed by atoms with Crippen LogP contribution in [-0.4, -0.2) is 24.0 Å². The normalized spacial score (nSPS) is 18.3. The maximum atomic E-state index is 11.7. The van der Waals surface area contributed by atoms with Crippen LogP contribution < -0.4 is 0 Å². The van der Waals surface area contributed by atoms with Crippen molar-refractivity contribution in [2.75, 3.05) is 13.2 Å². The highest BCUT2D eigenvalue weighted by Crippen LogP contribution is 2.21. The third kappa shape index (κ3) is 2.39. The van der Waals surface area contributed by atoms with Crippen molar-refractivity contribution < 1.29 is 9.53 Å². The van der Waals surface area contributed by atoms with Gasteiger partial charge in [0.15, 0.2) is 10.8 Å². The molecule has 0 bridgehead atoms. The summed E-state index contributed by atoms with van der Waals surface area (Å²) in [6.45, 7) is 1.60. The fourth-order valence-corrected chi connectivity index (χ4v) is 2.25. The van der Waals surface area contributed by atoms with Crippen LogP contribution in [0.25, 0.3) is 0 Å². The molecule has 0 spiro atoms. The number of nitrogens with zero attached hydrogens (tertiary/aromatic N) is 1. The molecule has 0 aromatic carbocycles. The van der Waals surface area contributed by atoms with E-state index in [1.165, 1.54) is 11.3 Å². The van der Waals surface area contributed by atoms with E-state index in [1.807, 2.05) is 5.38 Å². The lowest BCUT2D eigenvalue weighted by Gasteiger charge is -2.20. The molecule has 1 aromatic heterocycles. The van der Waals surface area contributed by atoms with Gasteiger partial charge in [-0.2, -0.15) is 0 Å². The number of hydrogen-bond acceptors (Lipinski definition) is 4. The summed E-state index contributed by atoms with van der Waals surface area (Å²) in [5.74, 6) is 0.687. The van der Waals surface area contributed by atoms with Crippen LogP contribution in [0.1, 0.15) is 29.1 Å². The number of thiazole rings is 1. The molecule has 1 aromatic rings. The molecule has 1 fully saturated rings. The van der Waals surface area contributed by atoms with Crippen LogP contribution >= 0.6 is 11.3 Å². The molecule has 0 radical (unpaired) electrons. The Morgan fingerprint density at radius 3 is 3.00 bits per heavy atom. The molecule has 1 aliphatic rings. The Morgan fingerprint density at radius 2 is 2.36 bits per heavy atom. The van der Waals surface area contributed by atoms with Crippen molar-refractivity contribution in [1.29, 1.82) is 0 Å². The van der Waals surface area contributed by atoms with Gasteiger partial charge in [-0.1, -0.05) is 0 Å². The second-order valence-electron chi connectivity index (χ2n) is 3.52. The van der Waals surface area contributed by atoms with Crippen LogP contribution in [-0.2, 0) is 4.74 Å². The molecule has 0 N–H and O–H groups in total. The maximum Gasteiger partial charge on any atom is 0.191 e. The van der Waals surface area contributed by atoms with Crippen molar-refractivity contribution >= 4 is 17.1 Å². The van der Waals surface area contributed by atoms with Gasteiger partial charge in [-0.3, -0.25) is 4.79 Å². The number of carbonyl (C=O) groups excluding carboxylic acids is 1. The van der Waals surface area contributed by atoms with Gasteiger partial charge < -0.3 is 4.74 Å². The minimum Gasteiger partial charge on any atom is -0.381 e. The van der Waals surface area contributed by atoms with Crippen LogP contribution in [0.15, 0.2) is 11.6 Å². The molecule has 2 rings (SSSR count). The quantitative estimate of drug-likeness (QED) is 0.719. The van der Waals surface area contributed by atoms with Gasteiger partial charge >= 0.3 is 0 Å². The molecule has 76 valence electrons. The second kappa shape index (κ2) is 4.66. The average molecular weight is 211 g/mol. The molecule has 4 heteroatoms. The maximum absolute atomic E-state index is 11.7. The minimum atomic E-state index is 0.187. The highest BCUT2D eigenvalue weighted by atomic mass is 32.1. The lowest BCUT2D eigenvalue weighted by atomic mass is 9.94. The molecule has 14 heavy (non-hydrogen) atoms. The molecule has 3 nitrogen and oxygen atoms in total. The van der Waals surface area contributed by atoms with E-state index in [9.17, 15) is 4.79 Å². The zero-order valence-corrected chi connectivity index (χ0v) is 8.76. The molecule has 0 aliphatic carbocycles. The Hall–Kier alpha value is -0.740. The van der Waals surface area contributed by atoms with Crippen LogP contribution in [0.2, 0.25) is 0 Å². The van der Waals surface area contributed by atoms with Gasteiger partial charge in [0.1, 0.15) is 0 Å². The van der Waals surface area contributed by atoms with E-state index < -0.39 is 0 Å². The van der Waals surface area contributed by atoms with Gasteiger partial charge in [0.2, 0.25) is 0 Å². The Balaban J connectivity index is 1.87. The molecular weight excluding hydrogens is 198 g/mol. The van der Waals surface area contributed by atoms with Crippen molar-refractivity contribution in [3.63, 3.8) is 0 Å². The predicted octanol–water partition coefficient (Wildman–Crippen LogP) is 2.14. The SMILES string of the molecule is O=C(CC1CCOCC1)c1nccs1. The van der Waals surface area contributed by atoms with Crippen molar-refractivity contribution in [2.45, 2.75) is 19.3 Å². The minimum absolute atomic E-state index is 0.187. The van der Waals surface area contributed by atoms with Gasteiger partial charge in [0.05, 0.1) is 0 Å². The van der Waals surface area contributed by atoms with Crippen molar-refractivity contribution in [1.82, 2.24) is 4.98 Å². The van der Waals surface area contributed by atoms with E-state index in [0.717, 1.165) is 26.1 Å².